The number of amides is 1. The molecule has 1 rings (SSSR count). The molecule has 6 nitrogen and oxygen atoms in total. The van der Waals surface area contributed by atoms with Crippen LogP contribution in [0.3, 0.4) is 0 Å². The molecule has 0 saturated heterocycles. The highest BCUT2D eigenvalue weighted by atomic mass is 32.2. The molecule has 0 fully saturated rings. The zero-order chi connectivity index (χ0) is 14.3. The molecule has 1 aromatic carbocycles. The topological polar surface area (TPSA) is 84.5 Å². The number of methoxy groups -OCH3 is 1. The average molecular weight is 286 g/mol. The lowest BCUT2D eigenvalue weighted by Gasteiger charge is -2.09. The summed E-state index contributed by atoms with van der Waals surface area (Å²) in [6.07, 6.45) is 1.27. The maximum atomic E-state index is 11.7. The Balaban J connectivity index is 2.39. The monoisotopic (exact) mass is 286 g/mol. The Morgan fingerprint density at radius 3 is 2.58 bits per heavy atom. The number of para-hydroxylation sites is 1. The van der Waals surface area contributed by atoms with Crippen molar-refractivity contribution in [2.24, 2.45) is 0 Å². The van der Waals surface area contributed by atoms with E-state index in [0.717, 1.165) is 11.8 Å². The second-order valence-electron chi connectivity index (χ2n) is 4.01. The Hall–Kier alpha value is -1.60. The van der Waals surface area contributed by atoms with Crippen molar-refractivity contribution < 1.29 is 17.9 Å². The Kier molecular flexibility index (Phi) is 5.78. The van der Waals surface area contributed by atoms with Crippen molar-refractivity contribution in [3.63, 3.8) is 0 Å². The van der Waals surface area contributed by atoms with E-state index in [1.54, 1.807) is 13.2 Å². The highest BCUT2D eigenvalue weighted by molar-refractivity contribution is 7.88. The minimum atomic E-state index is -3.21. The molecule has 0 unspecified atom stereocenters. The van der Waals surface area contributed by atoms with Gasteiger partial charge in [0, 0.05) is 18.7 Å². The fourth-order valence-electron chi connectivity index (χ4n) is 1.52. The summed E-state index contributed by atoms with van der Waals surface area (Å²) in [5, 5.41) is 2.63. The van der Waals surface area contributed by atoms with E-state index in [4.69, 9.17) is 4.74 Å². The fraction of sp³-hybridized carbons (Fsp3) is 0.417. The summed E-state index contributed by atoms with van der Waals surface area (Å²) < 4.78 is 29.1. The number of carbonyl (C=O) groups is 1. The summed E-state index contributed by atoms with van der Waals surface area (Å²) in [7, 11) is -1.66. The molecular formula is C12H18N2O4S. The van der Waals surface area contributed by atoms with Crippen LogP contribution in [0.15, 0.2) is 24.3 Å². The molecule has 0 saturated carbocycles. The zero-order valence-corrected chi connectivity index (χ0v) is 11.8. The molecule has 1 aromatic rings. The number of ether oxygens (including phenoxy) is 1. The second kappa shape index (κ2) is 7.10. The third kappa shape index (κ3) is 6.21. The van der Waals surface area contributed by atoms with E-state index in [9.17, 15) is 13.2 Å². The molecular weight excluding hydrogens is 268 g/mol. The highest BCUT2D eigenvalue weighted by Crippen LogP contribution is 2.17. The van der Waals surface area contributed by atoms with Crippen LogP contribution in [0.5, 0.6) is 5.75 Å². The molecule has 0 radical (unpaired) electrons. The third-order valence-electron chi connectivity index (χ3n) is 2.35. The molecule has 106 valence electrons. The van der Waals surface area contributed by atoms with Gasteiger partial charge in [-0.15, -0.1) is 0 Å². The predicted octanol–water partition coefficient (Wildman–Crippen LogP) is -0.0969. The number of rotatable bonds is 7. The Labute approximate surface area is 113 Å². The Bertz CT molecular complexity index is 528. The molecule has 0 aliphatic rings. The van der Waals surface area contributed by atoms with E-state index in [0.29, 0.717) is 5.75 Å². The highest BCUT2D eigenvalue weighted by Gasteiger charge is 2.07. The number of nitrogens with one attached hydrogen (secondary N) is 2. The smallest absolute Gasteiger partial charge is 0.224 e. The lowest BCUT2D eigenvalue weighted by Crippen LogP contribution is -2.34. The first-order valence-corrected chi connectivity index (χ1v) is 7.65. The zero-order valence-electron chi connectivity index (χ0n) is 11.0. The van der Waals surface area contributed by atoms with E-state index in [1.807, 2.05) is 18.2 Å². The van der Waals surface area contributed by atoms with E-state index >= 15 is 0 Å². The SMILES string of the molecule is COc1ccccc1CC(=O)NCCNS(C)(=O)=O. The maximum absolute atomic E-state index is 11.7. The van der Waals surface area contributed by atoms with Crippen LogP contribution in [0.4, 0.5) is 0 Å². The lowest BCUT2D eigenvalue weighted by atomic mass is 10.1. The first-order chi connectivity index (χ1) is 8.92. The van der Waals surface area contributed by atoms with Gasteiger partial charge in [-0.05, 0) is 6.07 Å². The van der Waals surface area contributed by atoms with Crippen molar-refractivity contribution in [3.8, 4) is 5.75 Å². The summed E-state index contributed by atoms with van der Waals surface area (Å²) in [5.41, 5.74) is 0.790. The van der Waals surface area contributed by atoms with Gasteiger partial charge in [-0.25, -0.2) is 13.1 Å². The number of hydrogen-bond donors (Lipinski definition) is 2. The minimum Gasteiger partial charge on any atom is -0.496 e. The number of benzene rings is 1. The molecule has 1 amide bonds. The summed E-state index contributed by atoms with van der Waals surface area (Å²) in [4.78, 5) is 11.7. The molecule has 19 heavy (non-hydrogen) atoms. The van der Waals surface area contributed by atoms with Crippen LogP contribution in [0.1, 0.15) is 5.56 Å². The van der Waals surface area contributed by atoms with Gasteiger partial charge in [0.2, 0.25) is 15.9 Å². The molecule has 0 heterocycles. The number of sulfonamides is 1. The summed E-state index contributed by atoms with van der Waals surface area (Å²) in [6.45, 7) is 0.428. The first-order valence-electron chi connectivity index (χ1n) is 5.75. The van der Waals surface area contributed by atoms with Gasteiger partial charge in [0.05, 0.1) is 19.8 Å². The number of hydrogen-bond acceptors (Lipinski definition) is 4. The van der Waals surface area contributed by atoms with Crippen LogP contribution < -0.4 is 14.8 Å². The second-order valence-corrected chi connectivity index (χ2v) is 5.84. The number of carbonyl (C=O) groups excluding carboxylic acids is 1. The largest absolute Gasteiger partial charge is 0.496 e. The van der Waals surface area contributed by atoms with Crippen molar-refractivity contribution >= 4 is 15.9 Å². The summed E-state index contributed by atoms with van der Waals surface area (Å²) in [5.74, 6) is 0.478. The van der Waals surface area contributed by atoms with Gasteiger partial charge in [0.1, 0.15) is 5.75 Å². The van der Waals surface area contributed by atoms with E-state index in [-0.39, 0.29) is 25.4 Å². The van der Waals surface area contributed by atoms with E-state index in [2.05, 4.69) is 10.0 Å². The molecule has 0 spiro atoms. The van der Waals surface area contributed by atoms with Gasteiger partial charge < -0.3 is 10.1 Å². The van der Waals surface area contributed by atoms with Gasteiger partial charge in [0.25, 0.3) is 0 Å². The fourth-order valence-corrected chi connectivity index (χ4v) is 2.00. The van der Waals surface area contributed by atoms with Gasteiger partial charge in [0.15, 0.2) is 0 Å². The van der Waals surface area contributed by atoms with Crippen molar-refractivity contribution in [1.29, 1.82) is 0 Å². The lowest BCUT2D eigenvalue weighted by molar-refractivity contribution is -0.120. The van der Waals surface area contributed by atoms with Gasteiger partial charge >= 0.3 is 0 Å². The molecule has 0 aromatic heterocycles. The summed E-state index contributed by atoms with van der Waals surface area (Å²) >= 11 is 0. The molecule has 0 aliphatic heterocycles. The molecule has 0 bridgehead atoms. The van der Waals surface area contributed by atoms with Crippen molar-refractivity contribution in [2.75, 3.05) is 26.5 Å². The normalized spacial score (nSPS) is 11.1. The van der Waals surface area contributed by atoms with Crippen LogP contribution >= 0.6 is 0 Å². The van der Waals surface area contributed by atoms with Crippen LogP contribution in [-0.4, -0.2) is 40.8 Å². The Morgan fingerprint density at radius 2 is 1.95 bits per heavy atom. The van der Waals surface area contributed by atoms with Crippen LogP contribution in [0, 0.1) is 0 Å². The third-order valence-corrected chi connectivity index (χ3v) is 3.08. The quantitative estimate of drug-likeness (QED) is 0.686. The van der Waals surface area contributed by atoms with Gasteiger partial charge in [-0.3, -0.25) is 4.79 Å². The van der Waals surface area contributed by atoms with Gasteiger partial charge in [-0.2, -0.15) is 0 Å². The molecule has 0 atom stereocenters. The molecule has 2 N–H and O–H groups in total. The van der Waals surface area contributed by atoms with Crippen LogP contribution in [0.2, 0.25) is 0 Å². The average Bonchev–Trinajstić information content (AvgIpc) is 2.34. The van der Waals surface area contributed by atoms with Crippen LogP contribution in [-0.2, 0) is 21.2 Å². The van der Waals surface area contributed by atoms with Crippen LogP contribution in [0.25, 0.3) is 0 Å². The summed E-state index contributed by atoms with van der Waals surface area (Å²) in [6, 6.07) is 7.26. The standard InChI is InChI=1S/C12H18N2O4S/c1-18-11-6-4-3-5-10(11)9-12(15)13-7-8-14-19(2,16)17/h3-6,14H,7-9H2,1-2H3,(H,13,15). The van der Waals surface area contributed by atoms with Crippen molar-refractivity contribution in [2.45, 2.75) is 6.42 Å². The predicted molar refractivity (Wildman–Crippen MR) is 72.6 cm³/mol. The maximum Gasteiger partial charge on any atom is 0.224 e. The van der Waals surface area contributed by atoms with Crippen molar-refractivity contribution in [1.82, 2.24) is 10.0 Å². The minimum absolute atomic E-state index is 0.177. The molecule has 7 heteroatoms. The van der Waals surface area contributed by atoms with Crippen molar-refractivity contribution in [3.05, 3.63) is 29.8 Å². The van der Waals surface area contributed by atoms with E-state index in [1.165, 1.54) is 0 Å². The molecule has 0 aliphatic carbocycles. The first kappa shape index (κ1) is 15.5. The van der Waals surface area contributed by atoms with E-state index < -0.39 is 10.0 Å². The van der Waals surface area contributed by atoms with Gasteiger partial charge in [-0.1, -0.05) is 18.2 Å². The Morgan fingerprint density at radius 1 is 1.26 bits per heavy atom.